The Morgan fingerprint density at radius 3 is 2.38 bits per heavy atom. The Morgan fingerprint density at radius 2 is 1.88 bits per heavy atom. The Labute approximate surface area is 97.0 Å². The van der Waals surface area contributed by atoms with Gasteiger partial charge < -0.3 is 14.6 Å². The predicted molar refractivity (Wildman–Crippen MR) is 64.0 cm³/mol. The molecule has 1 rings (SSSR count). The zero-order valence-corrected chi connectivity index (χ0v) is 10.4. The third-order valence-electron chi connectivity index (χ3n) is 2.24. The first-order valence-corrected chi connectivity index (χ1v) is 5.53. The smallest absolute Gasteiger partial charge is 0.161 e. The molecule has 0 unspecified atom stereocenters. The highest BCUT2D eigenvalue weighted by molar-refractivity contribution is 5.43. The molecule has 0 heterocycles. The summed E-state index contributed by atoms with van der Waals surface area (Å²) in [5.74, 6) is 1.85. The maximum absolute atomic E-state index is 9.49. The lowest BCUT2D eigenvalue weighted by molar-refractivity contribution is 0.197. The topological polar surface area (TPSA) is 38.7 Å². The van der Waals surface area contributed by atoms with Gasteiger partial charge in [0.25, 0.3) is 0 Å². The van der Waals surface area contributed by atoms with Crippen molar-refractivity contribution in [1.82, 2.24) is 0 Å². The van der Waals surface area contributed by atoms with E-state index in [-0.39, 0.29) is 0 Å². The van der Waals surface area contributed by atoms with Crippen molar-refractivity contribution in [3.8, 4) is 11.5 Å². The van der Waals surface area contributed by atoms with Crippen LogP contribution in [0.1, 0.15) is 32.4 Å². The summed E-state index contributed by atoms with van der Waals surface area (Å²) in [6.07, 6.45) is -0.493. The highest BCUT2D eigenvalue weighted by Crippen LogP contribution is 2.30. The summed E-state index contributed by atoms with van der Waals surface area (Å²) in [4.78, 5) is 0. The SMILES string of the molecule is COc1ccc([C@@H](C)O)cc1OCC(C)C. The fourth-order valence-corrected chi connectivity index (χ4v) is 1.32. The quantitative estimate of drug-likeness (QED) is 0.835. The van der Waals surface area contributed by atoms with Gasteiger partial charge in [-0.3, -0.25) is 0 Å². The van der Waals surface area contributed by atoms with Crippen LogP contribution in [0.4, 0.5) is 0 Å². The lowest BCUT2D eigenvalue weighted by Crippen LogP contribution is -2.06. The van der Waals surface area contributed by atoms with Gasteiger partial charge in [0, 0.05) is 0 Å². The maximum Gasteiger partial charge on any atom is 0.161 e. The van der Waals surface area contributed by atoms with Crippen LogP contribution < -0.4 is 9.47 Å². The molecule has 1 aromatic rings. The van der Waals surface area contributed by atoms with E-state index in [1.54, 1.807) is 14.0 Å². The van der Waals surface area contributed by atoms with Gasteiger partial charge in [-0.1, -0.05) is 19.9 Å². The van der Waals surface area contributed by atoms with Crippen molar-refractivity contribution in [1.29, 1.82) is 0 Å². The maximum atomic E-state index is 9.49. The average Bonchev–Trinajstić information content (AvgIpc) is 2.25. The van der Waals surface area contributed by atoms with Gasteiger partial charge in [-0.05, 0) is 30.5 Å². The molecule has 1 atom stereocenters. The van der Waals surface area contributed by atoms with E-state index < -0.39 is 6.10 Å². The van der Waals surface area contributed by atoms with Crippen LogP contribution in [-0.4, -0.2) is 18.8 Å². The van der Waals surface area contributed by atoms with E-state index in [1.807, 2.05) is 18.2 Å². The minimum atomic E-state index is -0.493. The van der Waals surface area contributed by atoms with Crippen LogP contribution in [0.25, 0.3) is 0 Å². The van der Waals surface area contributed by atoms with Crippen molar-refractivity contribution in [2.24, 2.45) is 5.92 Å². The van der Waals surface area contributed by atoms with Crippen LogP contribution in [0, 0.1) is 5.92 Å². The second-order valence-electron chi connectivity index (χ2n) is 4.29. The molecule has 0 radical (unpaired) electrons. The van der Waals surface area contributed by atoms with Crippen molar-refractivity contribution in [3.63, 3.8) is 0 Å². The molecular formula is C13H20O3. The van der Waals surface area contributed by atoms with E-state index in [4.69, 9.17) is 9.47 Å². The minimum absolute atomic E-state index is 0.458. The molecule has 0 aliphatic heterocycles. The van der Waals surface area contributed by atoms with Crippen molar-refractivity contribution < 1.29 is 14.6 Å². The van der Waals surface area contributed by atoms with E-state index in [1.165, 1.54) is 0 Å². The van der Waals surface area contributed by atoms with E-state index in [0.717, 1.165) is 5.56 Å². The molecule has 3 heteroatoms. The first kappa shape index (κ1) is 12.8. The Hall–Kier alpha value is -1.22. The summed E-state index contributed by atoms with van der Waals surface area (Å²) >= 11 is 0. The Bertz CT molecular complexity index is 332. The van der Waals surface area contributed by atoms with Crippen LogP contribution in [0.3, 0.4) is 0 Å². The van der Waals surface area contributed by atoms with Crippen LogP contribution in [-0.2, 0) is 0 Å². The Kier molecular flexibility index (Phi) is 4.62. The molecule has 0 fully saturated rings. The molecule has 1 aromatic carbocycles. The van der Waals surface area contributed by atoms with E-state index >= 15 is 0 Å². The van der Waals surface area contributed by atoms with Crippen LogP contribution in [0.2, 0.25) is 0 Å². The second-order valence-corrected chi connectivity index (χ2v) is 4.29. The standard InChI is InChI=1S/C13H20O3/c1-9(2)8-16-13-7-11(10(3)14)5-6-12(13)15-4/h5-7,9-10,14H,8H2,1-4H3/t10-/m1/s1. The highest BCUT2D eigenvalue weighted by Gasteiger charge is 2.09. The van der Waals surface area contributed by atoms with Gasteiger partial charge >= 0.3 is 0 Å². The summed E-state index contributed by atoms with van der Waals surface area (Å²) in [7, 11) is 1.61. The number of rotatable bonds is 5. The molecule has 1 N–H and O–H groups in total. The minimum Gasteiger partial charge on any atom is -0.493 e. The summed E-state index contributed by atoms with van der Waals surface area (Å²) in [6, 6.07) is 5.48. The van der Waals surface area contributed by atoms with Gasteiger partial charge in [0.2, 0.25) is 0 Å². The molecule has 0 saturated carbocycles. The number of aliphatic hydroxyl groups is 1. The number of ether oxygens (including phenoxy) is 2. The summed E-state index contributed by atoms with van der Waals surface area (Å²) < 4.78 is 10.8. The zero-order chi connectivity index (χ0) is 12.1. The normalized spacial score (nSPS) is 12.6. The fourth-order valence-electron chi connectivity index (χ4n) is 1.32. The van der Waals surface area contributed by atoms with Crippen LogP contribution in [0.15, 0.2) is 18.2 Å². The molecule has 3 nitrogen and oxygen atoms in total. The number of benzene rings is 1. The Balaban J connectivity index is 2.88. The van der Waals surface area contributed by atoms with E-state index in [2.05, 4.69) is 13.8 Å². The monoisotopic (exact) mass is 224 g/mol. The van der Waals surface area contributed by atoms with Gasteiger partial charge in [0.1, 0.15) is 0 Å². The number of aliphatic hydroxyl groups excluding tert-OH is 1. The predicted octanol–water partition coefficient (Wildman–Crippen LogP) is 2.78. The molecule has 16 heavy (non-hydrogen) atoms. The molecular weight excluding hydrogens is 204 g/mol. The highest BCUT2D eigenvalue weighted by atomic mass is 16.5. The van der Waals surface area contributed by atoms with Crippen molar-refractivity contribution >= 4 is 0 Å². The summed E-state index contributed by atoms with van der Waals surface area (Å²) in [5, 5.41) is 9.49. The summed E-state index contributed by atoms with van der Waals surface area (Å²) in [5.41, 5.74) is 0.833. The third kappa shape index (κ3) is 3.42. The van der Waals surface area contributed by atoms with Crippen molar-refractivity contribution in [3.05, 3.63) is 23.8 Å². The van der Waals surface area contributed by atoms with E-state index in [9.17, 15) is 5.11 Å². The zero-order valence-electron chi connectivity index (χ0n) is 10.4. The molecule has 0 amide bonds. The molecule has 0 bridgehead atoms. The molecule has 90 valence electrons. The van der Waals surface area contributed by atoms with Gasteiger partial charge in [0.05, 0.1) is 19.8 Å². The summed E-state index contributed by atoms with van der Waals surface area (Å²) in [6.45, 7) is 6.55. The number of methoxy groups -OCH3 is 1. The molecule has 0 aliphatic carbocycles. The third-order valence-corrected chi connectivity index (χ3v) is 2.24. The van der Waals surface area contributed by atoms with Crippen molar-refractivity contribution in [2.75, 3.05) is 13.7 Å². The van der Waals surface area contributed by atoms with Crippen molar-refractivity contribution in [2.45, 2.75) is 26.9 Å². The first-order valence-electron chi connectivity index (χ1n) is 5.53. The fraction of sp³-hybridized carbons (Fsp3) is 0.538. The van der Waals surface area contributed by atoms with E-state index in [0.29, 0.717) is 24.0 Å². The molecule has 0 spiro atoms. The van der Waals surface area contributed by atoms with Gasteiger partial charge in [-0.2, -0.15) is 0 Å². The second kappa shape index (κ2) is 5.75. The first-order chi connectivity index (χ1) is 7.54. The number of hydrogen-bond acceptors (Lipinski definition) is 3. The average molecular weight is 224 g/mol. The Morgan fingerprint density at radius 1 is 1.19 bits per heavy atom. The lowest BCUT2D eigenvalue weighted by atomic mass is 10.1. The number of hydrogen-bond donors (Lipinski definition) is 1. The molecule has 0 saturated heterocycles. The molecule has 0 aromatic heterocycles. The molecule has 0 aliphatic rings. The van der Waals surface area contributed by atoms with Gasteiger partial charge in [0.15, 0.2) is 11.5 Å². The van der Waals surface area contributed by atoms with Crippen LogP contribution >= 0.6 is 0 Å². The van der Waals surface area contributed by atoms with Gasteiger partial charge in [-0.15, -0.1) is 0 Å². The lowest BCUT2D eigenvalue weighted by Gasteiger charge is -2.14. The van der Waals surface area contributed by atoms with Crippen LogP contribution in [0.5, 0.6) is 11.5 Å². The van der Waals surface area contributed by atoms with Gasteiger partial charge in [-0.25, -0.2) is 0 Å². The largest absolute Gasteiger partial charge is 0.493 e.